The normalized spacial score (nSPS) is 11.7. The first kappa shape index (κ1) is 26.2. The van der Waals surface area contributed by atoms with Gasteiger partial charge in [0.1, 0.15) is 5.75 Å². The van der Waals surface area contributed by atoms with Gasteiger partial charge >= 0.3 is 7.60 Å². The fraction of sp³-hybridized carbons (Fsp3) is 0.417. The Bertz CT molecular complexity index is 1090. The predicted octanol–water partition coefficient (Wildman–Crippen LogP) is 6.91. The molecule has 2 aromatic carbocycles. The van der Waals surface area contributed by atoms with Gasteiger partial charge in [0.05, 0.1) is 30.5 Å². The van der Waals surface area contributed by atoms with Crippen LogP contribution < -0.4 is 10.1 Å². The number of aromatic nitrogens is 2. The average molecular weight is 508 g/mol. The first-order valence-electron chi connectivity index (χ1n) is 11.4. The maximum atomic E-state index is 12.5. The van der Waals surface area contributed by atoms with Gasteiger partial charge in [0, 0.05) is 23.4 Å². The highest BCUT2D eigenvalue weighted by Gasteiger charge is 2.22. The van der Waals surface area contributed by atoms with E-state index < -0.39 is 7.60 Å². The van der Waals surface area contributed by atoms with Gasteiger partial charge in [-0.15, -0.1) is 0 Å². The average Bonchev–Trinajstić information content (AvgIpc) is 3.29. The second-order valence-electron chi connectivity index (χ2n) is 7.76. The van der Waals surface area contributed by atoms with Crippen LogP contribution >= 0.6 is 19.2 Å². The lowest BCUT2D eigenvalue weighted by atomic mass is 10.2. The molecule has 0 radical (unpaired) electrons. The van der Waals surface area contributed by atoms with Crippen LogP contribution in [0.25, 0.3) is 22.8 Å². The Morgan fingerprint density at radius 3 is 2.35 bits per heavy atom. The number of nitrogens with one attached hydrogen (secondary N) is 1. The van der Waals surface area contributed by atoms with E-state index >= 15 is 0 Å². The number of anilines is 1. The number of ether oxygens (including phenoxy) is 1. The van der Waals surface area contributed by atoms with Gasteiger partial charge in [0.15, 0.2) is 0 Å². The lowest BCUT2D eigenvalue weighted by Gasteiger charge is -2.17. The summed E-state index contributed by atoms with van der Waals surface area (Å²) in [6, 6.07) is 13.1. The monoisotopic (exact) mass is 507 g/mol. The van der Waals surface area contributed by atoms with E-state index in [1.54, 1.807) is 12.1 Å². The van der Waals surface area contributed by atoms with Crippen molar-refractivity contribution in [3.05, 3.63) is 47.5 Å². The van der Waals surface area contributed by atoms with E-state index in [0.717, 1.165) is 16.8 Å². The van der Waals surface area contributed by atoms with Crippen molar-refractivity contribution in [3.63, 3.8) is 0 Å². The summed E-state index contributed by atoms with van der Waals surface area (Å²) < 4.78 is 34.2. The molecule has 1 N–H and O–H groups in total. The van der Waals surface area contributed by atoms with Crippen LogP contribution in [0.2, 0.25) is 5.02 Å². The molecule has 0 bridgehead atoms. The van der Waals surface area contributed by atoms with E-state index in [0.29, 0.717) is 54.8 Å². The molecule has 34 heavy (non-hydrogen) atoms. The predicted molar refractivity (Wildman–Crippen MR) is 135 cm³/mol. The molecule has 1 aromatic heterocycles. The van der Waals surface area contributed by atoms with Gasteiger partial charge in [-0.1, -0.05) is 16.8 Å². The van der Waals surface area contributed by atoms with Crippen LogP contribution in [0.15, 0.2) is 47.0 Å². The van der Waals surface area contributed by atoms with Gasteiger partial charge in [-0.25, -0.2) is 0 Å². The number of nitrogens with zero attached hydrogens (tertiary/aromatic N) is 2. The minimum absolute atomic E-state index is 0.0319. The van der Waals surface area contributed by atoms with Crippen LogP contribution in [0, 0.1) is 0 Å². The Hall–Kier alpha value is -2.38. The van der Waals surface area contributed by atoms with Crippen molar-refractivity contribution in [2.75, 3.05) is 31.2 Å². The molecule has 0 aliphatic carbocycles. The number of hydrogen-bond donors (Lipinski definition) is 1. The lowest BCUT2D eigenvalue weighted by Crippen LogP contribution is -2.07. The molecule has 0 aliphatic rings. The SMILES string of the molecule is CCOP(=O)(CCCNc1ccc(-c2nc(-c3ccc(OC(C)C)c(Cl)c3)no2)cc1)OCC. The zero-order valence-electron chi connectivity index (χ0n) is 19.9. The number of benzene rings is 2. The van der Waals surface area contributed by atoms with Crippen molar-refractivity contribution in [1.29, 1.82) is 0 Å². The molecule has 0 spiro atoms. The third-order valence-corrected chi connectivity index (χ3v) is 7.16. The fourth-order valence-electron chi connectivity index (χ4n) is 3.24. The van der Waals surface area contributed by atoms with Gasteiger partial charge in [0.25, 0.3) is 5.89 Å². The Kier molecular flexibility index (Phi) is 9.54. The quantitative estimate of drug-likeness (QED) is 0.197. The summed E-state index contributed by atoms with van der Waals surface area (Å²) in [5.74, 6) is 1.48. The number of rotatable bonds is 13. The first-order chi connectivity index (χ1) is 16.3. The minimum atomic E-state index is -3.01. The summed E-state index contributed by atoms with van der Waals surface area (Å²) in [6.07, 6.45) is 1.07. The molecule has 1 heterocycles. The molecular weight excluding hydrogens is 477 g/mol. The molecule has 0 saturated heterocycles. The molecule has 0 saturated carbocycles. The van der Waals surface area contributed by atoms with E-state index in [1.165, 1.54) is 0 Å². The molecular formula is C24H31ClN3O5P. The maximum absolute atomic E-state index is 12.5. The van der Waals surface area contributed by atoms with Gasteiger partial charge in [0.2, 0.25) is 5.82 Å². The van der Waals surface area contributed by atoms with Crippen molar-refractivity contribution in [3.8, 4) is 28.6 Å². The van der Waals surface area contributed by atoms with Crippen molar-refractivity contribution in [1.82, 2.24) is 10.1 Å². The van der Waals surface area contributed by atoms with Gasteiger partial charge < -0.3 is 23.6 Å². The highest BCUT2D eigenvalue weighted by Crippen LogP contribution is 2.48. The smallest absolute Gasteiger partial charge is 0.330 e. The van der Waals surface area contributed by atoms with Crippen LogP contribution in [0.3, 0.4) is 0 Å². The summed E-state index contributed by atoms with van der Waals surface area (Å²) in [7, 11) is -3.01. The largest absolute Gasteiger partial charge is 0.489 e. The fourth-order valence-corrected chi connectivity index (χ4v) is 5.13. The van der Waals surface area contributed by atoms with Crippen LogP contribution in [-0.4, -0.2) is 42.2 Å². The molecule has 0 amide bonds. The number of halogens is 1. The van der Waals surface area contributed by atoms with Crippen molar-refractivity contribution >= 4 is 24.9 Å². The van der Waals surface area contributed by atoms with Gasteiger partial charge in [-0.05, 0) is 76.6 Å². The van der Waals surface area contributed by atoms with E-state index in [4.69, 9.17) is 29.9 Å². The van der Waals surface area contributed by atoms with Crippen LogP contribution in [-0.2, 0) is 13.6 Å². The molecule has 3 rings (SSSR count). The van der Waals surface area contributed by atoms with E-state index in [-0.39, 0.29) is 6.10 Å². The molecule has 0 unspecified atom stereocenters. The van der Waals surface area contributed by atoms with Gasteiger partial charge in [-0.2, -0.15) is 4.98 Å². The zero-order valence-corrected chi connectivity index (χ0v) is 21.6. The third kappa shape index (κ3) is 7.31. The molecule has 0 aliphatic heterocycles. The third-order valence-electron chi connectivity index (χ3n) is 4.70. The van der Waals surface area contributed by atoms with Crippen molar-refractivity contribution in [2.45, 2.75) is 40.2 Å². The summed E-state index contributed by atoms with van der Waals surface area (Å²) in [5.41, 5.74) is 2.47. The Labute approximate surface area is 205 Å². The molecule has 8 nitrogen and oxygen atoms in total. The van der Waals surface area contributed by atoms with E-state index in [1.807, 2.05) is 58.0 Å². The molecule has 0 atom stereocenters. The highest BCUT2D eigenvalue weighted by molar-refractivity contribution is 7.53. The topological polar surface area (TPSA) is 95.7 Å². The summed E-state index contributed by atoms with van der Waals surface area (Å²) >= 11 is 6.33. The maximum Gasteiger partial charge on any atom is 0.330 e. The zero-order chi connectivity index (χ0) is 24.6. The number of hydrogen-bond acceptors (Lipinski definition) is 8. The van der Waals surface area contributed by atoms with Crippen LogP contribution in [0.4, 0.5) is 5.69 Å². The van der Waals surface area contributed by atoms with Crippen LogP contribution in [0.5, 0.6) is 5.75 Å². The van der Waals surface area contributed by atoms with Crippen molar-refractivity contribution in [2.24, 2.45) is 0 Å². The second kappa shape index (κ2) is 12.4. The highest BCUT2D eigenvalue weighted by atomic mass is 35.5. The van der Waals surface area contributed by atoms with E-state index in [9.17, 15) is 4.57 Å². The molecule has 3 aromatic rings. The standard InChI is InChI=1S/C24H31ClN3O5P/c1-5-30-34(29,31-6-2)15-7-14-26-20-11-8-18(9-12-20)24-27-23(28-33-24)19-10-13-22(21(25)16-19)32-17(3)4/h8-13,16-17,26H,5-7,14-15H2,1-4H3. The second-order valence-corrected chi connectivity index (χ2v) is 10.4. The Morgan fingerprint density at radius 2 is 1.74 bits per heavy atom. The minimum Gasteiger partial charge on any atom is -0.489 e. The first-order valence-corrected chi connectivity index (χ1v) is 13.5. The van der Waals surface area contributed by atoms with Crippen molar-refractivity contribution < 1.29 is 22.9 Å². The molecule has 0 fully saturated rings. The van der Waals surface area contributed by atoms with Crippen LogP contribution in [0.1, 0.15) is 34.1 Å². The summed E-state index contributed by atoms with van der Waals surface area (Å²) in [6.45, 7) is 8.89. The summed E-state index contributed by atoms with van der Waals surface area (Å²) in [4.78, 5) is 4.49. The molecule has 10 heteroatoms. The molecule has 184 valence electrons. The summed E-state index contributed by atoms with van der Waals surface area (Å²) in [5, 5.41) is 7.88. The van der Waals surface area contributed by atoms with Gasteiger partial charge in [-0.3, -0.25) is 4.57 Å². The lowest BCUT2D eigenvalue weighted by molar-refractivity contribution is 0.220. The van der Waals surface area contributed by atoms with E-state index in [2.05, 4.69) is 15.5 Å². The Morgan fingerprint density at radius 1 is 1.06 bits per heavy atom. The Balaban J connectivity index is 1.57.